The number of aromatic nitrogens is 1. The van der Waals surface area contributed by atoms with E-state index in [1.807, 2.05) is 13.0 Å². The first kappa shape index (κ1) is 16.7. The Morgan fingerprint density at radius 3 is 3.04 bits per heavy atom. The fourth-order valence-electron chi connectivity index (χ4n) is 2.31. The minimum atomic E-state index is -0.334. The van der Waals surface area contributed by atoms with E-state index in [0.29, 0.717) is 15.9 Å². The van der Waals surface area contributed by atoms with E-state index in [9.17, 15) is 9.59 Å². The molecule has 2 heterocycles. The monoisotopic (exact) mass is 409 g/mol. The van der Waals surface area contributed by atoms with Crippen molar-refractivity contribution in [1.29, 1.82) is 0 Å². The number of hydrogen-bond acceptors (Lipinski definition) is 4. The van der Waals surface area contributed by atoms with Crippen LogP contribution in [0.25, 0.3) is 0 Å². The third-order valence-electron chi connectivity index (χ3n) is 3.53. The number of rotatable bonds is 3. The van der Waals surface area contributed by atoms with Crippen LogP contribution < -0.4 is 15.4 Å². The quantitative estimate of drug-likeness (QED) is 0.761. The van der Waals surface area contributed by atoms with Gasteiger partial charge in [0.2, 0.25) is 0 Å². The lowest BCUT2D eigenvalue weighted by atomic mass is 10.1. The Kier molecular flexibility index (Phi) is 4.73. The zero-order chi connectivity index (χ0) is 17.3. The molecule has 8 heteroatoms. The van der Waals surface area contributed by atoms with Gasteiger partial charge >= 0.3 is 0 Å². The third kappa shape index (κ3) is 3.52. The topological polar surface area (TPSA) is 80.3 Å². The number of nitrogens with one attached hydrogen (secondary N) is 2. The molecule has 0 saturated carbocycles. The fourth-order valence-corrected chi connectivity index (χ4v) is 2.83. The van der Waals surface area contributed by atoms with Crippen LogP contribution in [0.15, 0.2) is 34.9 Å². The van der Waals surface area contributed by atoms with Crippen molar-refractivity contribution in [3.05, 3.63) is 51.2 Å². The summed E-state index contributed by atoms with van der Waals surface area (Å²) in [5, 5.41) is 5.74. The fraction of sp³-hybridized carbons (Fsp3) is 0.188. The molecule has 0 aliphatic carbocycles. The number of ether oxygens (including phenoxy) is 1. The van der Waals surface area contributed by atoms with Crippen molar-refractivity contribution in [2.45, 2.75) is 13.0 Å². The predicted molar refractivity (Wildman–Crippen MR) is 93.4 cm³/mol. The van der Waals surface area contributed by atoms with Gasteiger partial charge in [-0.05, 0) is 46.6 Å². The van der Waals surface area contributed by atoms with Crippen LogP contribution >= 0.6 is 27.5 Å². The van der Waals surface area contributed by atoms with Crippen molar-refractivity contribution >= 4 is 45.0 Å². The summed E-state index contributed by atoms with van der Waals surface area (Å²) in [4.78, 5) is 27.7. The number of halogens is 2. The Labute approximate surface area is 151 Å². The van der Waals surface area contributed by atoms with Crippen LogP contribution in [-0.2, 0) is 4.79 Å². The van der Waals surface area contributed by atoms with Crippen LogP contribution in [0.1, 0.15) is 28.9 Å². The molecule has 0 bridgehead atoms. The minimum Gasteiger partial charge on any atom is -0.482 e. The maximum atomic E-state index is 12.4. The van der Waals surface area contributed by atoms with E-state index in [-0.39, 0.29) is 35.2 Å². The van der Waals surface area contributed by atoms with Gasteiger partial charge in [0.15, 0.2) is 6.61 Å². The molecule has 2 amide bonds. The second kappa shape index (κ2) is 6.78. The summed E-state index contributed by atoms with van der Waals surface area (Å²) in [5.41, 5.74) is 1.70. The van der Waals surface area contributed by atoms with Crippen LogP contribution in [0.3, 0.4) is 0 Å². The number of carbonyl (C=O) groups is 2. The molecule has 3 rings (SSSR count). The third-order valence-corrected chi connectivity index (χ3v) is 4.27. The first-order chi connectivity index (χ1) is 11.4. The van der Waals surface area contributed by atoms with Crippen molar-refractivity contribution in [3.8, 4) is 5.75 Å². The number of fused-ring (bicyclic) bond motifs is 1. The summed E-state index contributed by atoms with van der Waals surface area (Å²) in [6.07, 6.45) is 1.52. The number of hydrogen-bond donors (Lipinski definition) is 2. The largest absolute Gasteiger partial charge is 0.482 e. The minimum absolute atomic E-state index is 0.00696. The highest BCUT2D eigenvalue weighted by Crippen LogP contribution is 2.30. The lowest BCUT2D eigenvalue weighted by molar-refractivity contribution is -0.118. The van der Waals surface area contributed by atoms with Crippen LogP contribution in [0.4, 0.5) is 5.69 Å². The van der Waals surface area contributed by atoms with Gasteiger partial charge in [0.1, 0.15) is 10.9 Å². The molecule has 1 aromatic heterocycles. The first-order valence-electron chi connectivity index (χ1n) is 7.12. The summed E-state index contributed by atoms with van der Waals surface area (Å²) >= 11 is 9.24. The average molecular weight is 411 g/mol. The van der Waals surface area contributed by atoms with E-state index >= 15 is 0 Å². The summed E-state index contributed by atoms with van der Waals surface area (Å²) < 4.78 is 5.98. The second-order valence-electron chi connectivity index (χ2n) is 5.28. The van der Waals surface area contributed by atoms with E-state index in [4.69, 9.17) is 16.3 Å². The molecule has 1 aromatic carbocycles. The van der Waals surface area contributed by atoms with Crippen LogP contribution in [-0.4, -0.2) is 23.4 Å². The maximum absolute atomic E-state index is 12.4. The highest BCUT2D eigenvalue weighted by atomic mass is 79.9. The normalized spacial score (nSPS) is 14.2. The van der Waals surface area contributed by atoms with Gasteiger partial charge in [0, 0.05) is 10.7 Å². The maximum Gasteiger partial charge on any atom is 0.262 e. The molecule has 0 saturated heterocycles. The molecule has 1 unspecified atom stereocenters. The molecule has 124 valence electrons. The highest BCUT2D eigenvalue weighted by molar-refractivity contribution is 9.10. The summed E-state index contributed by atoms with van der Waals surface area (Å²) in [7, 11) is 0. The Bertz CT molecular complexity index is 828. The van der Waals surface area contributed by atoms with Gasteiger partial charge in [-0.3, -0.25) is 9.59 Å². The molecule has 0 spiro atoms. The van der Waals surface area contributed by atoms with Gasteiger partial charge in [-0.15, -0.1) is 0 Å². The van der Waals surface area contributed by atoms with Crippen molar-refractivity contribution < 1.29 is 14.3 Å². The second-order valence-corrected chi connectivity index (χ2v) is 6.55. The zero-order valence-electron chi connectivity index (χ0n) is 12.6. The van der Waals surface area contributed by atoms with Crippen molar-refractivity contribution in [2.75, 3.05) is 11.9 Å². The van der Waals surface area contributed by atoms with E-state index in [0.717, 1.165) is 5.56 Å². The zero-order valence-corrected chi connectivity index (χ0v) is 14.9. The number of amides is 2. The first-order valence-corrected chi connectivity index (χ1v) is 8.29. The molecule has 2 aromatic rings. The molecule has 0 fully saturated rings. The van der Waals surface area contributed by atoms with Gasteiger partial charge in [-0.2, -0.15) is 0 Å². The summed E-state index contributed by atoms with van der Waals surface area (Å²) in [5.74, 6) is 0.0683. The molecule has 1 aliphatic rings. The Morgan fingerprint density at radius 1 is 1.46 bits per heavy atom. The number of anilines is 1. The van der Waals surface area contributed by atoms with Gasteiger partial charge in [0.05, 0.1) is 17.3 Å². The molecule has 1 aliphatic heterocycles. The van der Waals surface area contributed by atoms with Gasteiger partial charge in [-0.25, -0.2) is 4.98 Å². The Morgan fingerprint density at radius 2 is 2.25 bits per heavy atom. The van der Waals surface area contributed by atoms with Crippen molar-refractivity contribution in [2.24, 2.45) is 0 Å². The highest BCUT2D eigenvalue weighted by Gasteiger charge is 2.19. The lowest BCUT2D eigenvalue weighted by Gasteiger charge is -2.21. The van der Waals surface area contributed by atoms with Crippen molar-refractivity contribution in [3.63, 3.8) is 0 Å². The Hall–Kier alpha value is -2.12. The number of nitrogens with zero attached hydrogens (tertiary/aromatic N) is 1. The molecular weight excluding hydrogens is 398 g/mol. The molecule has 1 atom stereocenters. The lowest BCUT2D eigenvalue weighted by Crippen LogP contribution is -2.28. The number of pyridine rings is 1. The molecule has 2 N–H and O–H groups in total. The molecule has 0 radical (unpaired) electrons. The predicted octanol–water partition coefficient (Wildman–Crippen LogP) is 3.32. The van der Waals surface area contributed by atoms with Gasteiger partial charge in [0.25, 0.3) is 11.8 Å². The average Bonchev–Trinajstić information content (AvgIpc) is 2.56. The van der Waals surface area contributed by atoms with Crippen LogP contribution in [0.2, 0.25) is 5.15 Å². The van der Waals surface area contributed by atoms with E-state index in [1.165, 1.54) is 6.20 Å². The van der Waals surface area contributed by atoms with Crippen LogP contribution in [0.5, 0.6) is 5.75 Å². The standard InChI is InChI=1S/C16H13BrClN3O3/c1-8(20-16(23)11-5-10(17)6-19-15(11)18)9-2-3-13-12(4-9)21-14(22)7-24-13/h2-6,8H,7H2,1H3,(H,20,23)(H,21,22). The summed E-state index contributed by atoms with van der Waals surface area (Å²) in [6.45, 7) is 1.84. The van der Waals surface area contributed by atoms with E-state index in [2.05, 4.69) is 31.5 Å². The van der Waals surface area contributed by atoms with Gasteiger partial charge < -0.3 is 15.4 Å². The van der Waals surface area contributed by atoms with E-state index < -0.39 is 0 Å². The van der Waals surface area contributed by atoms with Crippen LogP contribution in [0, 0.1) is 0 Å². The number of benzene rings is 1. The van der Waals surface area contributed by atoms with Crippen molar-refractivity contribution in [1.82, 2.24) is 10.3 Å². The molecule has 24 heavy (non-hydrogen) atoms. The Balaban J connectivity index is 1.78. The SMILES string of the molecule is CC(NC(=O)c1cc(Br)cnc1Cl)c1ccc2c(c1)NC(=O)CO2. The van der Waals surface area contributed by atoms with Gasteiger partial charge in [-0.1, -0.05) is 17.7 Å². The molecule has 6 nitrogen and oxygen atoms in total. The molecular formula is C16H13BrClN3O3. The number of carbonyl (C=O) groups excluding carboxylic acids is 2. The smallest absolute Gasteiger partial charge is 0.262 e. The summed E-state index contributed by atoms with van der Waals surface area (Å²) in [6, 6.07) is 6.69. The van der Waals surface area contributed by atoms with E-state index in [1.54, 1.807) is 18.2 Å².